The number of ether oxygens (including phenoxy) is 1. The van der Waals surface area contributed by atoms with Gasteiger partial charge in [-0.25, -0.2) is 0 Å². The van der Waals surface area contributed by atoms with E-state index in [-0.39, 0.29) is 11.9 Å². The van der Waals surface area contributed by atoms with Crippen LogP contribution in [0.2, 0.25) is 10.0 Å². The Hall–Kier alpha value is -0.930. The smallest absolute Gasteiger partial charge is 0.225 e. The minimum Gasteiger partial charge on any atom is -0.491 e. The summed E-state index contributed by atoms with van der Waals surface area (Å²) in [7, 11) is 0. The Morgan fingerprint density at radius 2 is 1.90 bits per heavy atom. The quantitative estimate of drug-likeness (QED) is 0.517. The number of carbonyl (C=O) groups excluding carboxylic acids is 1. The maximum atomic E-state index is 11.7. The standard InChI is InChI=1S/C16H21Cl2NO2/c1-2-3-4-5-6-19-14(10-16(19)20)11-21-15-8-12(17)7-13(18)9-15/h7-9,14H,2-6,10-11H2,1H3/t14-/m1/s1. The lowest BCUT2D eigenvalue weighted by atomic mass is 10.0. The third-order valence-electron chi connectivity index (χ3n) is 3.70. The highest BCUT2D eigenvalue weighted by Gasteiger charge is 2.35. The molecule has 0 aromatic heterocycles. The number of unbranched alkanes of at least 4 members (excludes halogenated alkanes) is 3. The molecule has 21 heavy (non-hydrogen) atoms. The normalized spacial score (nSPS) is 17.8. The van der Waals surface area contributed by atoms with Crippen molar-refractivity contribution in [3.8, 4) is 5.75 Å². The Labute approximate surface area is 136 Å². The molecule has 0 radical (unpaired) electrons. The lowest BCUT2D eigenvalue weighted by Gasteiger charge is -2.40. The molecule has 0 bridgehead atoms. The van der Waals surface area contributed by atoms with Crippen LogP contribution in [0.1, 0.15) is 39.0 Å². The molecule has 1 aromatic carbocycles. The van der Waals surface area contributed by atoms with Crippen LogP contribution < -0.4 is 4.74 Å². The van der Waals surface area contributed by atoms with Crippen LogP contribution in [0.5, 0.6) is 5.75 Å². The molecule has 1 saturated heterocycles. The molecule has 1 aromatic rings. The van der Waals surface area contributed by atoms with Crippen LogP contribution in [0, 0.1) is 0 Å². The van der Waals surface area contributed by atoms with E-state index in [1.165, 1.54) is 19.3 Å². The van der Waals surface area contributed by atoms with Crippen molar-refractivity contribution in [1.29, 1.82) is 0 Å². The van der Waals surface area contributed by atoms with E-state index in [1.54, 1.807) is 18.2 Å². The van der Waals surface area contributed by atoms with Crippen LogP contribution in [0.4, 0.5) is 0 Å². The highest BCUT2D eigenvalue weighted by Crippen LogP contribution is 2.26. The van der Waals surface area contributed by atoms with Gasteiger partial charge in [0.15, 0.2) is 0 Å². The molecule has 0 unspecified atom stereocenters. The minimum atomic E-state index is 0.178. The SMILES string of the molecule is CCCCCCN1C(=O)C[C@@H]1COc1cc(Cl)cc(Cl)c1. The molecule has 0 N–H and O–H groups in total. The number of amides is 1. The molecule has 1 fully saturated rings. The summed E-state index contributed by atoms with van der Waals surface area (Å²) in [5.74, 6) is 0.877. The molecule has 1 amide bonds. The first-order valence-electron chi connectivity index (χ1n) is 7.48. The zero-order chi connectivity index (χ0) is 15.2. The fourth-order valence-corrected chi connectivity index (χ4v) is 3.00. The molecule has 3 nitrogen and oxygen atoms in total. The number of carbonyl (C=O) groups is 1. The zero-order valence-electron chi connectivity index (χ0n) is 12.3. The molecule has 5 heteroatoms. The summed E-state index contributed by atoms with van der Waals surface area (Å²) >= 11 is 11.9. The van der Waals surface area contributed by atoms with Crippen molar-refractivity contribution in [2.45, 2.75) is 45.1 Å². The molecular weight excluding hydrogens is 309 g/mol. The van der Waals surface area contributed by atoms with Gasteiger partial charge in [-0.3, -0.25) is 4.79 Å². The Morgan fingerprint density at radius 1 is 1.19 bits per heavy atom. The van der Waals surface area contributed by atoms with Crippen LogP contribution in [0.15, 0.2) is 18.2 Å². The predicted octanol–water partition coefficient (Wildman–Crippen LogP) is 4.55. The van der Waals surface area contributed by atoms with Gasteiger partial charge in [0, 0.05) is 16.6 Å². The van der Waals surface area contributed by atoms with Crippen molar-refractivity contribution in [2.75, 3.05) is 13.2 Å². The predicted molar refractivity (Wildman–Crippen MR) is 86.2 cm³/mol. The lowest BCUT2D eigenvalue weighted by molar-refractivity contribution is -0.147. The molecule has 116 valence electrons. The van der Waals surface area contributed by atoms with Crippen molar-refractivity contribution in [3.05, 3.63) is 28.2 Å². The fraction of sp³-hybridized carbons (Fsp3) is 0.562. The fourth-order valence-electron chi connectivity index (χ4n) is 2.49. The van der Waals surface area contributed by atoms with Crippen molar-refractivity contribution < 1.29 is 9.53 Å². The number of likely N-dealkylation sites (tertiary alicyclic amines) is 1. The number of rotatable bonds is 8. The molecule has 1 aliphatic rings. The molecular formula is C16H21Cl2NO2. The van der Waals surface area contributed by atoms with Crippen molar-refractivity contribution >= 4 is 29.1 Å². The summed E-state index contributed by atoms with van der Waals surface area (Å²) in [6.07, 6.45) is 5.25. The molecule has 1 heterocycles. The van der Waals surface area contributed by atoms with Crippen LogP contribution >= 0.6 is 23.2 Å². The van der Waals surface area contributed by atoms with E-state index in [9.17, 15) is 4.79 Å². The first kappa shape index (κ1) is 16.4. The lowest BCUT2D eigenvalue weighted by Crippen LogP contribution is -2.55. The molecule has 0 spiro atoms. The molecule has 0 aliphatic carbocycles. The van der Waals surface area contributed by atoms with E-state index in [4.69, 9.17) is 27.9 Å². The molecule has 0 saturated carbocycles. The highest BCUT2D eigenvalue weighted by atomic mass is 35.5. The van der Waals surface area contributed by atoms with E-state index < -0.39 is 0 Å². The van der Waals surface area contributed by atoms with E-state index in [1.807, 2.05) is 4.90 Å². The van der Waals surface area contributed by atoms with E-state index >= 15 is 0 Å². The molecule has 2 rings (SSSR count). The van der Waals surface area contributed by atoms with Crippen LogP contribution in [0.25, 0.3) is 0 Å². The monoisotopic (exact) mass is 329 g/mol. The highest BCUT2D eigenvalue weighted by molar-refractivity contribution is 6.34. The van der Waals surface area contributed by atoms with Gasteiger partial charge >= 0.3 is 0 Å². The molecule has 1 atom stereocenters. The first-order chi connectivity index (χ1) is 10.1. The van der Waals surface area contributed by atoms with E-state index in [0.29, 0.717) is 28.8 Å². The van der Waals surface area contributed by atoms with Crippen molar-refractivity contribution in [3.63, 3.8) is 0 Å². The van der Waals surface area contributed by atoms with Crippen molar-refractivity contribution in [1.82, 2.24) is 4.90 Å². The maximum absolute atomic E-state index is 11.7. The Balaban J connectivity index is 1.78. The van der Waals surface area contributed by atoms with Gasteiger partial charge in [-0.1, -0.05) is 49.4 Å². The van der Waals surface area contributed by atoms with Crippen LogP contribution in [-0.2, 0) is 4.79 Å². The third kappa shape index (κ3) is 4.79. The minimum absolute atomic E-state index is 0.178. The van der Waals surface area contributed by atoms with Crippen molar-refractivity contribution in [2.24, 2.45) is 0 Å². The number of hydrogen-bond acceptors (Lipinski definition) is 2. The average molecular weight is 330 g/mol. The second kappa shape index (κ2) is 7.90. The zero-order valence-corrected chi connectivity index (χ0v) is 13.8. The van der Waals surface area contributed by atoms with Gasteiger partial charge < -0.3 is 9.64 Å². The van der Waals surface area contributed by atoms with Crippen LogP contribution in [-0.4, -0.2) is 30.0 Å². The average Bonchev–Trinajstić information content (AvgIpc) is 2.42. The maximum Gasteiger partial charge on any atom is 0.225 e. The van der Waals surface area contributed by atoms with Crippen LogP contribution in [0.3, 0.4) is 0 Å². The number of β-lactam (4-membered cyclic amide) rings is 1. The van der Waals surface area contributed by atoms with Gasteiger partial charge in [-0.15, -0.1) is 0 Å². The summed E-state index contributed by atoms with van der Waals surface area (Å²) < 4.78 is 5.71. The first-order valence-corrected chi connectivity index (χ1v) is 8.24. The Kier molecular flexibility index (Phi) is 6.19. The summed E-state index contributed by atoms with van der Waals surface area (Å²) in [4.78, 5) is 13.6. The Morgan fingerprint density at radius 3 is 2.52 bits per heavy atom. The second-order valence-corrected chi connectivity index (χ2v) is 6.29. The number of halogens is 2. The van der Waals surface area contributed by atoms with Gasteiger partial charge in [0.25, 0.3) is 0 Å². The van der Waals surface area contributed by atoms with Gasteiger partial charge in [0.1, 0.15) is 12.4 Å². The van der Waals surface area contributed by atoms with Gasteiger partial charge in [0.05, 0.1) is 12.5 Å². The largest absolute Gasteiger partial charge is 0.491 e. The second-order valence-electron chi connectivity index (χ2n) is 5.42. The topological polar surface area (TPSA) is 29.5 Å². The van der Waals surface area contributed by atoms with Gasteiger partial charge in [-0.2, -0.15) is 0 Å². The van der Waals surface area contributed by atoms with E-state index in [2.05, 4.69) is 6.92 Å². The summed E-state index contributed by atoms with van der Waals surface area (Å²) in [6, 6.07) is 5.32. The number of nitrogens with zero attached hydrogens (tertiary/aromatic N) is 1. The summed E-state index contributed by atoms with van der Waals surface area (Å²) in [5, 5.41) is 1.11. The van der Waals surface area contributed by atoms with E-state index in [0.717, 1.165) is 13.0 Å². The summed E-state index contributed by atoms with van der Waals surface area (Å²) in [6.45, 7) is 3.51. The van der Waals surface area contributed by atoms with Gasteiger partial charge in [0.2, 0.25) is 5.91 Å². The number of benzene rings is 1. The third-order valence-corrected chi connectivity index (χ3v) is 4.14. The summed E-state index contributed by atoms with van der Waals surface area (Å²) in [5.41, 5.74) is 0. The Bertz CT molecular complexity index is 473. The van der Waals surface area contributed by atoms with Gasteiger partial charge in [-0.05, 0) is 24.6 Å². The molecule has 1 aliphatic heterocycles. The number of hydrogen-bond donors (Lipinski definition) is 0.